The highest BCUT2D eigenvalue weighted by Gasteiger charge is 2.27. The molecule has 0 aliphatic carbocycles. The number of benzene rings is 2. The number of ether oxygens (including phenoxy) is 1. The predicted octanol–water partition coefficient (Wildman–Crippen LogP) is 4.88. The first kappa shape index (κ1) is 23.9. The highest BCUT2D eigenvalue weighted by Crippen LogP contribution is 2.26. The van der Waals surface area contributed by atoms with E-state index in [9.17, 15) is 4.79 Å². The second kappa shape index (κ2) is 10.3. The Balaban J connectivity index is 1.38. The molecule has 1 aromatic heterocycles. The number of anilines is 1. The summed E-state index contributed by atoms with van der Waals surface area (Å²) in [6, 6.07) is 20.0. The summed E-state index contributed by atoms with van der Waals surface area (Å²) in [5.41, 5.74) is 3.15. The summed E-state index contributed by atoms with van der Waals surface area (Å²) >= 11 is 0. The molecule has 1 atom stereocenters. The molecule has 1 saturated heterocycles. The van der Waals surface area contributed by atoms with Crippen LogP contribution in [0.15, 0.2) is 71.3 Å². The van der Waals surface area contributed by atoms with Crippen molar-refractivity contribution in [2.75, 3.05) is 44.7 Å². The van der Waals surface area contributed by atoms with Crippen LogP contribution in [0.3, 0.4) is 0 Å². The molecule has 0 unspecified atom stereocenters. The van der Waals surface area contributed by atoms with Crippen LogP contribution in [-0.4, -0.2) is 50.6 Å². The summed E-state index contributed by atoms with van der Waals surface area (Å²) in [5.74, 6) is 1.68. The van der Waals surface area contributed by atoms with Crippen molar-refractivity contribution in [1.29, 1.82) is 0 Å². The number of carbonyl (C=O) groups excluding carboxylic acids is 1. The third kappa shape index (κ3) is 5.62. The Morgan fingerprint density at radius 2 is 1.68 bits per heavy atom. The number of methoxy groups -OCH3 is 1. The summed E-state index contributed by atoms with van der Waals surface area (Å²) in [7, 11) is 1.68. The first-order valence-electron chi connectivity index (χ1n) is 11.9. The highest BCUT2D eigenvalue weighted by atomic mass is 16.5. The third-order valence-electron chi connectivity index (χ3n) is 6.53. The van der Waals surface area contributed by atoms with Crippen LogP contribution in [0.5, 0.6) is 5.75 Å². The van der Waals surface area contributed by atoms with Crippen LogP contribution in [0.2, 0.25) is 0 Å². The Morgan fingerprint density at radius 1 is 1.00 bits per heavy atom. The standard InChI is InChI=1S/C28H35N3O3/c1-28(2,3)22-9-7-21(8-10-22)27(32)29-20-25(26-6-5-19-34-26)31-17-15-30(16-18-31)23-11-13-24(33-4)14-12-23/h5-14,19,25H,15-18,20H2,1-4H3,(H,29,32)/t25-/m0/s1. The Kier molecular flexibility index (Phi) is 7.27. The van der Waals surface area contributed by atoms with E-state index < -0.39 is 0 Å². The summed E-state index contributed by atoms with van der Waals surface area (Å²) < 4.78 is 11.0. The molecule has 1 N–H and O–H groups in total. The van der Waals surface area contributed by atoms with E-state index in [2.05, 4.69) is 48.0 Å². The van der Waals surface area contributed by atoms with Crippen LogP contribution in [0.1, 0.15) is 48.5 Å². The van der Waals surface area contributed by atoms with Gasteiger partial charge in [0.25, 0.3) is 5.91 Å². The average molecular weight is 462 g/mol. The second-order valence-corrected chi connectivity index (χ2v) is 9.79. The second-order valence-electron chi connectivity index (χ2n) is 9.79. The van der Waals surface area contributed by atoms with E-state index >= 15 is 0 Å². The van der Waals surface area contributed by atoms with Gasteiger partial charge in [-0.15, -0.1) is 0 Å². The zero-order chi connectivity index (χ0) is 24.1. The highest BCUT2D eigenvalue weighted by molar-refractivity contribution is 5.94. The molecule has 0 spiro atoms. The Bertz CT molecular complexity index is 1050. The number of hydrogen-bond donors (Lipinski definition) is 1. The van der Waals surface area contributed by atoms with Crippen LogP contribution < -0.4 is 15.0 Å². The van der Waals surface area contributed by atoms with Gasteiger partial charge in [0.1, 0.15) is 11.5 Å². The van der Waals surface area contributed by atoms with E-state index in [1.165, 1.54) is 11.3 Å². The van der Waals surface area contributed by atoms with E-state index in [1.807, 2.05) is 48.5 Å². The molecule has 0 radical (unpaired) electrons. The quantitative estimate of drug-likeness (QED) is 0.544. The molecule has 1 fully saturated rings. The van der Waals surface area contributed by atoms with Crippen molar-refractivity contribution < 1.29 is 13.9 Å². The fourth-order valence-corrected chi connectivity index (χ4v) is 4.39. The number of hydrogen-bond acceptors (Lipinski definition) is 5. The van der Waals surface area contributed by atoms with Crippen molar-refractivity contribution in [3.8, 4) is 5.75 Å². The molecule has 1 aliphatic rings. The van der Waals surface area contributed by atoms with Gasteiger partial charge in [0.2, 0.25) is 0 Å². The molecule has 0 saturated carbocycles. The van der Waals surface area contributed by atoms with Crippen molar-refractivity contribution in [2.45, 2.75) is 32.2 Å². The maximum absolute atomic E-state index is 12.9. The zero-order valence-electron chi connectivity index (χ0n) is 20.6. The van der Waals surface area contributed by atoms with Crippen LogP contribution in [0.25, 0.3) is 0 Å². The number of carbonyl (C=O) groups is 1. The van der Waals surface area contributed by atoms with Gasteiger partial charge in [0.15, 0.2) is 0 Å². The lowest BCUT2D eigenvalue weighted by atomic mass is 9.87. The van der Waals surface area contributed by atoms with E-state index in [-0.39, 0.29) is 17.4 Å². The molecule has 180 valence electrons. The molecule has 3 aromatic rings. The third-order valence-corrected chi connectivity index (χ3v) is 6.53. The summed E-state index contributed by atoms with van der Waals surface area (Å²) in [4.78, 5) is 17.6. The van der Waals surface area contributed by atoms with Gasteiger partial charge < -0.3 is 19.4 Å². The lowest BCUT2D eigenvalue weighted by molar-refractivity contribution is 0.0922. The molecule has 1 amide bonds. The van der Waals surface area contributed by atoms with E-state index in [0.29, 0.717) is 12.1 Å². The minimum absolute atomic E-state index is 0.00850. The van der Waals surface area contributed by atoms with Gasteiger partial charge in [-0.25, -0.2) is 0 Å². The van der Waals surface area contributed by atoms with Crippen LogP contribution in [0, 0.1) is 0 Å². The van der Waals surface area contributed by atoms with Gasteiger partial charge in [-0.1, -0.05) is 32.9 Å². The van der Waals surface area contributed by atoms with Gasteiger partial charge in [-0.2, -0.15) is 0 Å². The van der Waals surface area contributed by atoms with Crippen LogP contribution >= 0.6 is 0 Å². The smallest absolute Gasteiger partial charge is 0.251 e. The minimum atomic E-state index is -0.0612. The van der Waals surface area contributed by atoms with E-state index in [4.69, 9.17) is 9.15 Å². The number of furan rings is 1. The fourth-order valence-electron chi connectivity index (χ4n) is 4.39. The Hall–Kier alpha value is -3.25. The van der Waals surface area contributed by atoms with Gasteiger partial charge in [-0.05, 0) is 59.5 Å². The molecule has 1 aliphatic heterocycles. The summed E-state index contributed by atoms with van der Waals surface area (Å²) in [6.07, 6.45) is 1.70. The topological polar surface area (TPSA) is 58.0 Å². The molecule has 2 aromatic carbocycles. The molecular formula is C28H35N3O3. The summed E-state index contributed by atoms with van der Waals surface area (Å²) in [6.45, 7) is 10.6. The lowest BCUT2D eigenvalue weighted by Gasteiger charge is -2.39. The maximum Gasteiger partial charge on any atom is 0.251 e. The Labute approximate surface area is 202 Å². The molecule has 6 heteroatoms. The summed E-state index contributed by atoms with van der Waals surface area (Å²) in [5, 5.41) is 3.13. The van der Waals surface area contributed by atoms with Crippen LogP contribution in [-0.2, 0) is 5.41 Å². The monoisotopic (exact) mass is 461 g/mol. The maximum atomic E-state index is 12.9. The van der Waals surface area contributed by atoms with E-state index in [1.54, 1.807) is 13.4 Å². The van der Waals surface area contributed by atoms with Crippen molar-refractivity contribution in [2.24, 2.45) is 0 Å². The number of piperazine rings is 1. The average Bonchev–Trinajstić information content (AvgIpc) is 3.39. The molecule has 6 nitrogen and oxygen atoms in total. The number of rotatable bonds is 7. The number of nitrogens with zero attached hydrogens (tertiary/aromatic N) is 2. The SMILES string of the molecule is COc1ccc(N2CCN([C@@H](CNC(=O)c3ccc(C(C)(C)C)cc3)c3ccco3)CC2)cc1. The van der Waals surface area contributed by atoms with Gasteiger partial charge >= 0.3 is 0 Å². The largest absolute Gasteiger partial charge is 0.497 e. The number of amides is 1. The Morgan fingerprint density at radius 3 is 2.24 bits per heavy atom. The molecule has 0 bridgehead atoms. The van der Waals surface area contributed by atoms with Gasteiger partial charge in [-0.3, -0.25) is 9.69 Å². The predicted molar refractivity (Wildman–Crippen MR) is 136 cm³/mol. The first-order valence-corrected chi connectivity index (χ1v) is 11.9. The minimum Gasteiger partial charge on any atom is -0.497 e. The van der Waals surface area contributed by atoms with Crippen molar-refractivity contribution in [3.05, 3.63) is 83.8 Å². The van der Waals surface area contributed by atoms with Crippen molar-refractivity contribution in [3.63, 3.8) is 0 Å². The lowest BCUT2D eigenvalue weighted by Crippen LogP contribution is -2.49. The van der Waals surface area contributed by atoms with Gasteiger partial charge in [0, 0.05) is 44.0 Å². The van der Waals surface area contributed by atoms with Gasteiger partial charge in [0.05, 0.1) is 19.4 Å². The normalized spacial score (nSPS) is 15.7. The van der Waals surface area contributed by atoms with Crippen LogP contribution in [0.4, 0.5) is 5.69 Å². The molecular weight excluding hydrogens is 426 g/mol. The van der Waals surface area contributed by atoms with E-state index in [0.717, 1.165) is 37.7 Å². The van der Waals surface area contributed by atoms with Crippen molar-refractivity contribution >= 4 is 11.6 Å². The molecule has 2 heterocycles. The fraction of sp³-hybridized carbons (Fsp3) is 0.393. The number of nitrogens with one attached hydrogen (secondary N) is 1. The zero-order valence-corrected chi connectivity index (χ0v) is 20.6. The molecule has 34 heavy (non-hydrogen) atoms. The molecule has 4 rings (SSSR count). The first-order chi connectivity index (χ1) is 16.3. The van der Waals surface area contributed by atoms with Crippen molar-refractivity contribution in [1.82, 2.24) is 10.2 Å².